The van der Waals surface area contributed by atoms with Crippen molar-refractivity contribution in [3.05, 3.63) is 23.8 Å². The van der Waals surface area contributed by atoms with Crippen molar-refractivity contribution >= 4 is 11.8 Å². The van der Waals surface area contributed by atoms with Crippen LogP contribution in [0.15, 0.2) is 18.2 Å². The molecule has 2 amide bonds. The molecule has 120 valence electrons. The molecule has 1 aliphatic carbocycles. The normalized spacial score (nSPS) is 13.4. The number of carbonyl (C=O) groups excluding carboxylic acids is 2. The molecule has 1 fully saturated rings. The van der Waals surface area contributed by atoms with Crippen molar-refractivity contribution in [1.29, 1.82) is 0 Å². The van der Waals surface area contributed by atoms with Gasteiger partial charge in [-0.2, -0.15) is 0 Å². The second-order valence-electron chi connectivity index (χ2n) is 5.30. The molecule has 0 unspecified atom stereocenters. The lowest BCUT2D eigenvalue weighted by atomic mass is 10.1. The quantitative estimate of drug-likeness (QED) is 0.828. The van der Waals surface area contributed by atoms with Crippen LogP contribution in [0.2, 0.25) is 0 Å². The summed E-state index contributed by atoms with van der Waals surface area (Å²) >= 11 is 0. The first-order chi connectivity index (χ1) is 10.5. The van der Waals surface area contributed by atoms with E-state index in [1.165, 1.54) is 4.90 Å². The van der Waals surface area contributed by atoms with Gasteiger partial charge in [-0.1, -0.05) is 0 Å². The summed E-state index contributed by atoms with van der Waals surface area (Å²) in [6, 6.07) is 5.29. The molecule has 6 nitrogen and oxygen atoms in total. The van der Waals surface area contributed by atoms with E-state index in [4.69, 9.17) is 9.47 Å². The number of methoxy groups -OCH3 is 1. The van der Waals surface area contributed by atoms with Gasteiger partial charge in [-0.15, -0.1) is 0 Å². The van der Waals surface area contributed by atoms with Gasteiger partial charge >= 0.3 is 0 Å². The van der Waals surface area contributed by atoms with Crippen molar-refractivity contribution in [3.8, 4) is 11.5 Å². The molecule has 1 saturated carbocycles. The van der Waals surface area contributed by atoms with Gasteiger partial charge in [0.1, 0.15) is 0 Å². The van der Waals surface area contributed by atoms with Crippen LogP contribution < -0.4 is 14.8 Å². The summed E-state index contributed by atoms with van der Waals surface area (Å²) < 4.78 is 10.7. The highest BCUT2D eigenvalue weighted by Crippen LogP contribution is 2.28. The maximum Gasteiger partial charge on any atom is 0.254 e. The number of nitrogens with one attached hydrogen (secondary N) is 1. The molecular weight excluding hydrogens is 284 g/mol. The molecule has 0 radical (unpaired) electrons. The minimum Gasteiger partial charge on any atom is -0.493 e. The minimum atomic E-state index is -0.227. The third-order valence-corrected chi connectivity index (χ3v) is 3.38. The summed E-state index contributed by atoms with van der Waals surface area (Å²) in [7, 11) is 3.16. The first-order valence-electron chi connectivity index (χ1n) is 7.40. The predicted molar refractivity (Wildman–Crippen MR) is 82.3 cm³/mol. The standard InChI is InChI=1S/C16H22N2O4/c1-4-22-14-9-11(5-8-13(14)21-3)16(20)18(2)10-15(19)17-12-6-7-12/h5,8-9,12H,4,6-7,10H2,1-3H3,(H,17,19). The number of hydrogen-bond acceptors (Lipinski definition) is 4. The zero-order valence-corrected chi connectivity index (χ0v) is 13.2. The second-order valence-corrected chi connectivity index (χ2v) is 5.30. The van der Waals surface area contributed by atoms with Crippen molar-refractivity contribution in [2.24, 2.45) is 0 Å². The molecule has 0 atom stereocenters. The Morgan fingerprint density at radius 3 is 2.64 bits per heavy atom. The molecule has 2 rings (SSSR count). The minimum absolute atomic E-state index is 0.0470. The molecule has 0 saturated heterocycles. The Bertz CT molecular complexity index is 555. The van der Waals surface area contributed by atoms with E-state index in [-0.39, 0.29) is 18.4 Å². The Morgan fingerprint density at radius 2 is 2.05 bits per heavy atom. The van der Waals surface area contributed by atoms with Gasteiger partial charge in [0.25, 0.3) is 5.91 Å². The molecular formula is C16H22N2O4. The first kappa shape index (κ1) is 16.1. The maximum absolute atomic E-state index is 12.4. The van der Waals surface area contributed by atoms with Gasteiger partial charge in [0.05, 0.1) is 20.3 Å². The Balaban J connectivity index is 2.03. The van der Waals surface area contributed by atoms with Crippen molar-refractivity contribution in [2.75, 3.05) is 27.3 Å². The van der Waals surface area contributed by atoms with E-state index in [1.807, 2.05) is 6.92 Å². The zero-order valence-electron chi connectivity index (χ0n) is 13.2. The molecule has 0 spiro atoms. The largest absolute Gasteiger partial charge is 0.493 e. The monoisotopic (exact) mass is 306 g/mol. The molecule has 22 heavy (non-hydrogen) atoms. The average Bonchev–Trinajstić information content (AvgIpc) is 3.30. The van der Waals surface area contributed by atoms with E-state index in [1.54, 1.807) is 32.4 Å². The van der Waals surface area contributed by atoms with Crippen molar-refractivity contribution in [2.45, 2.75) is 25.8 Å². The highest BCUT2D eigenvalue weighted by Gasteiger charge is 2.24. The van der Waals surface area contributed by atoms with Crippen LogP contribution in [0.3, 0.4) is 0 Å². The summed E-state index contributed by atoms with van der Waals surface area (Å²) in [5.74, 6) is 0.741. The van der Waals surface area contributed by atoms with Gasteiger partial charge in [0.2, 0.25) is 5.91 Å². The van der Waals surface area contributed by atoms with Crippen LogP contribution in [0.5, 0.6) is 11.5 Å². The fourth-order valence-electron chi connectivity index (χ4n) is 2.09. The zero-order chi connectivity index (χ0) is 16.1. The second kappa shape index (κ2) is 7.15. The Kier molecular flexibility index (Phi) is 5.25. The van der Waals surface area contributed by atoms with Crippen molar-refractivity contribution in [1.82, 2.24) is 10.2 Å². The smallest absolute Gasteiger partial charge is 0.254 e. The molecule has 0 aromatic heterocycles. The van der Waals surface area contributed by atoms with Crippen LogP contribution in [-0.2, 0) is 4.79 Å². The van der Waals surface area contributed by atoms with Crippen LogP contribution in [-0.4, -0.2) is 50.1 Å². The summed E-state index contributed by atoms with van der Waals surface area (Å²) in [5.41, 5.74) is 0.464. The average molecular weight is 306 g/mol. The lowest BCUT2D eigenvalue weighted by Gasteiger charge is -2.18. The number of carbonyl (C=O) groups is 2. The molecule has 1 N–H and O–H groups in total. The fraction of sp³-hybridized carbons (Fsp3) is 0.500. The van der Waals surface area contributed by atoms with Crippen molar-refractivity contribution < 1.29 is 19.1 Å². The van der Waals surface area contributed by atoms with Gasteiger partial charge in [0.15, 0.2) is 11.5 Å². The van der Waals surface area contributed by atoms with Gasteiger partial charge in [0, 0.05) is 18.7 Å². The number of amides is 2. The van der Waals surface area contributed by atoms with E-state index in [0.717, 1.165) is 12.8 Å². The number of benzene rings is 1. The molecule has 1 aromatic carbocycles. The number of likely N-dealkylation sites (N-methyl/N-ethyl adjacent to an activating group) is 1. The number of rotatable bonds is 7. The van der Waals surface area contributed by atoms with Crippen LogP contribution in [0, 0.1) is 0 Å². The summed E-state index contributed by atoms with van der Waals surface area (Å²) in [5, 5.41) is 2.86. The third-order valence-electron chi connectivity index (χ3n) is 3.38. The molecule has 0 bridgehead atoms. The van der Waals surface area contributed by atoms with Gasteiger partial charge in [-0.25, -0.2) is 0 Å². The number of nitrogens with zero attached hydrogens (tertiary/aromatic N) is 1. The number of hydrogen-bond donors (Lipinski definition) is 1. The summed E-state index contributed by atoms with van der Waals surface area (Å²) in [4.78, 5) is 25.5. The van der Waals surface area contributed by atoms with E-state index < -0.39 is 0 Å². The topological polar surface area (TPSA) is 67.9 Å². The number of ether oxygens (including phenoxy) is 2. The Hall–Kier alpha value is -2.24. The summed E-state index contributed by atoms with van der Waals surface area (Å²) in [6.45, 7) is 2.39. The SMILES string of the molecule is CCOc1cc(C(=O)N(C)CC(=O)NC2CC2)ccc1OC. The van der Waals surface area contributed by atoms with Crippen LogP contribution in [0.4, 0.5) is 0 Å². The third kappa shape index (κ3) is 4.13. The molecule has 0 aliphatic heterocycles. The van der Waals surface area contributed by atoms with E-state index in [2.05, 4.69) is 5.32 Å². The van der Waals surface area contributed by atoms with E-state index >= 15 is 0 Å². The molecule has 0 heterocycles. The fourth-order valence-corrected chi connectivity index (χ4v) is 2.09. The lowest BCUT2D eigenvalue weighted by molar-refractivity contribution is -0.121. The molecule has 1 aromatic rings. The lowest BCUT2D eigenvalue weighted by Crippen LogP contribution is -2.39. The van der Waals surface area contributed by atoms with Gasteiger partial charge < -0.3 is 19.7 Å². The first-order valence-corrected chi connectivity index (χ1v) is 7.40. The van der Waals surface area contributed by atoms with Gasteiger partial charge in [-0.3, -0.25) is 9.59 Å². The Morgan fingerprint density at radius 1 is 1.32 bits per heavy atom. The molecule has 6 heteroatoms. The summed E-state index contributed by atoms with van der Waals surface area (Å²) in [6.07, 6.45) is 2.05. The maximum atomic E-state index is 12.4. The highest BCUT2D eigenvalue weighted by molar-refractivity contribution is 5.97. The van der Waals surface area contributed by atoms with E-state index in [0.29, 0.717) is 29.7 Å². The highest BCUT2D eigenvalue weighted by atomic mass is 16.5. The predicted octanol–water partition coefficient (Wildman–Crippen LogP) is 1.44. The Labute approximate surface area is 130 Å². The van der Waals surface area contributed by atoms with Crippen molar-refractivity contribution in [3.63, 3.8) is 0 Å². The van der Waals surface area contributed by atoms with Crippen LogP contribution in [0.25, 0.3) is 0 Å². The van der Waals surface area contributed by atoms with Crippen LogP contribution in [0.1, 0.15) is 30.1 Å². The van der Waals surface area contributed by atoms with Gasteiger partial charge in [-0.05, 0) is 38.0 Å². The van der Waals surface area contributed by atoms with Crippen LogP contribution >= 0.6 is 0 Å². The molecule has 1 aliphatic rings. The van der Waals surface area contributed by atoms with E-state index in [9.17, 15) is 9.59 Å².